The van der Waals surface area contributed by atoms with Gasteiger partial charge in [-0.1, -0.05) is 25.7 Å². The zero-order valence-electron chi connectivity index (χ0n) is 13.7. The maximum absolute atomic E-state index is 12.6. The van der Waals surface area contributed by atoms with Gasteiger partial charge in [0, 0.05) is 0 Å². The van der Waals surface area contributed by atoms with Crippen molar-refractivity contribution < 1.29 is 31.1 Å². The lowest BCUT2D eigenvalue weighted by Gasteiger charge is -2.30. The number of hydrogen-bond acceptors (Lipinski definition) is 4. The molecule has 1 N–H and O–H groups in total. The fourth-order valence-electron chi connectivity index (χ4n) is 3.01. The molecule has 0 aliphatic heterocycles. The highest BCUT2D eigenvalue weighted by Gasteiger charge is 2.43. The number of halogens is 3. The summed E-state index contributed by atoms with van der Waals surface area (Å²) in [6, 6.07) is 3.17. The summed E-state index contributed by atoms with van der Waals surface area (Å²) < 4.78 is 70.2. The van der Waals surface area contributed by atoms with Gasteiger partial charge in [-0.25, -0.2) is 8.42 Å². The second-order valence-corrected chi connectivity index (χ2v) is 7.80. The molecule has 0 saturated heterocycles. The van der Waals surface area contributed by atoms with Crippen LogP contribution in [0.1, 0.15) is 44.1 Å². The van der Waals surface area contributed by atoms with Crippen LogP contribution in [0, 0.1) is 0 Å². The van der Waals surface area contributed by atoms with Gasteiger partial charge in [0.25, 0.3) is 0 Å². The number of alkyl halides is 3. The molecule has 0 atom stereocenters. The number of sulfonamides is 1. The van der Waals surface area contributed by atoms with Crippen LogP contribution in [0.4, 0.5) is 13.2 Å². The largest absolute Gasteiger partial charge is 0.468 e. The lowest BCUT2D eigenvalue weighted by atomic mass is 9.92. The molecule has 1 fully saturated rings. The van der Waals surface area contributed by atoms with Crippen molar-refractivity contribution in [2.45, 2.75) is 55.1 Å². The van der Waals surface area contributed by atoms with E-state index in [0.29, 0.717) is 37.8 Å². The van der Waals surface area contributed by atoms with E-state index in [1.165, 1.54) is 7.11 Å². The first-order valence-corrected chi connectivity index (χ1v) is 9.39. The fourth-order valence-corrected chi connectivity index (χ4v) is 4.43. The number of rotatable bonds is 4. The third-order valence-electron chi connectivity index (χ3n) is 4.35. The van der Waals surface area contributed by atoms with Crippen LogP contribution in [0.2, 0.25) is 0 Å². The molecule has 25 heavy (non-hydrogen) atoms. The monoisotopic (exact) mass is 379 g/mol. The van der Waals surface area contributed by atoms with E-state index in [9.17, 15) is 26.4 Å². The van der Waals surface area contributed by atoms with Crippen molar-refractivity contribution in [3.05, 3.63) is 29.8 Å². The van der Waals surface area contributed by atoms with Crippen LogP contribution in [-0.4, -0.2) is 27.0 Å². The Morgan fingerprint density at radius 2 is 1.60 bits per heavy atom. The lowest BCUT2D eigenvalue weighted by molar-refractivity contribution is -0.148. The summed E-state index contributed by atoms with van der Waals surface area (Å²) in [7, 11) is -2.99. The summed E-state index contributed by atoms with van der Waals surface area (Å²) >= 11 is 0. The number of nitrogens with one attached hydrogen (secondary N) is 1. The van der Waals surface area contributed by atoms with Crippen molar-refractivity contribution >= 4 is 16.0 Å². The highest BCUT2D eigenvalue weighted by molar-refractivity contribution is 7.89. The molecular formula is C16H20F3NO4S. The Balaban J connectivity index is 2.32. The van der Waals surface area contributed by atoms with Gasteiger partial charge in [0.1, 0.15) is 5.54 Å². The number of carbonyl (C=O) groups is 1. The SMILES string of the molecule is COC(=O)C1(NS(=O)(=O)c2ccc(C(F)(F)F)cc2)CCCCCC1. The predicted octanol–water partition coefficient (Wildman–Crippen LogP) is 3.25. The van der Waals surface area contributed by atoms with Crippen LogP contribution in [0.25, 0.3) is 0 Å². The van der Waals surface area contributed by atoms with Gasteiger partial charge in [-0.2, -0.15) is 17.9 Å². The minimum absolute atomic E-state index is 0.291. The van der Waals surface area contributed by atoms with E-state index in [1.807, 2.05) is 0 Å². The summed E-state index contributed by atoms with van der Waals surface area (Å²) in [5.74, 6) is -0.676. The summed E-state index contributed by atoms with van der Waals surface area (Å²) in [4.78, 5) is 11.9. The van der Waals surface area contributed by atoms with E-state index < -0.39 is 33.3 Å². The number of esters is 1. The molecule has 1 aromatic carbocycles. The average Bonchev–Trinajstić information content (AvgIpc) is 2.79. The molecule has 140 valence electrons. The normalized spacial score (nSPS) is 18.4. The Labute approximate surface area is 144 Å². The zero-order valence-corrected chi connectivity index (χ0v) is 14.5. The second kappa shape index (κ2) is 7.33. The second-order valence-electron chi connectivity index (χ2n) is 6.12. The first-order chi connectivity index (χ1) is 11.6. The van der Waals surface area contributed by atoms with Crippen molar-refractivity contribution in [1.82, 2.24) is 4.72 Å². The van der Waals surface area contributed by atoms with Crippen LogP contribution < -0.4 is 4.72 Å². The summed E-state index contributed by atoms with van der Waals surface area (Å²) in [5, 5.41) is 0. The van der Waals surface area contributed by atoms with Gasteiger partial charge in [0.2, 0.25) is 10.0 Å². The van der Waals surface area contributed by atoms with Crippen LogP contribution in [0.15, 0.2) is 29.2 Å². The molecule has 0 aromatic heterocycles. The standard InChI is InChI=1S/C16H20F3NO4S/c1-24-14(21)15(10-4-2-3-5-11-15)20-25(22,23)13-8-6-12(7-9-13)16(17,18)19/h6-9,20H,2-5,10-11H2,1H3. The van der Waals surface area contributed by atoms with E-state index in [4.69, 9.17) is 4.74 Å². The van der Waals surface area contributed by atoms with E-state index >= 15 is 0 Å². The number of benzene rings is 1. The molecule has 5 nitrogen and oxygen atoms in total. The minimum Gasteiger partial charge on any atom is -0.468 e. The Kier molecular flexibility index (Phi) is 5.78. The number of hydrogen-bond donors (Lipinski definition) is 1. The first kappa shape index (κ1) is 19.7. The number of ether oxygens (including phenoxy) is 1. The quantitative estimate of drug-likeness (QED) is 0.644. The number of carbonyl (C=O) groups excluding carboxylic acids is 1. The van der Waals surface area contributed by atoms with Crippen LogP contribution >= 0.6 is 0 Å². The van der Waals surface area contributed by atoms with Gasteiger partial charge < -0.3 is 4.74 Å². The molecular weight excluding hydrogens is 359 g/mol. The third-order valence-corrected chi connectivity index (χ3v) is 5.91. The van der Waals surface area contributed by atoms with Gasteiger partial charge in [-0.05, 0) is 37.1 Å². The molecule has 1 saturated carbocycles. The number of methoxy groups -OCH3 is 1. The predicted molar refractivity (Wildman–Crippen MR) is 84.2 cm³/mol. The van der Waals surface area contributed by atoms with Gasteiger partial charge >= 0.3 is 12.1 Å². The van der Waals surface area contributed by atoms with Crippen molar-refractivity contribution in [2.75, 3.05) is 7.11 Å². The summed E-state index contributed by atoms with van der Waals surface area (Å²) in [6.07, 6.45) is -0.903. The van der Waals surface area contributed by atoms with Crippen LogP contribution in [0.3, 0.4) is 0 Å². The highest BCUT2D eigenvalue weighted by atomic mass is 32.2. The minimum atomic E-state index is -4.55. The van der Waals surface area contributed by atoms with Crippen molar-refractivity contribution in [3.63, 3.8) is 0 Å². The zero-order chi connectivity index (χ0) is 18.7. The Bertz CT molecular complexity index is 706. The summed E-state index contributed by atoms with van der Waals surface area (Å²) in [5.41, 5.74) is -2.32. The fraction of sp³-hybridized carbons (Fsp3) is 0.562. The molecule has 0 unspecified atom stereocenters. The Morgan fingerprint density at radius 1 is 1.08 bits per heavy atom. The van der Waals surface area contributed by atoms with E-state index in [-0.39, 0.29) is 4.90 Å². The molecule has 0 radical (unpaired) electrons. The van der Waals surface area contributed by atoms with Crippen LogP contribution in [0.5, 0.6) is 0 Å². The van der Waals surface area contributed by atoms with E-state index in [1.54, 1.807) is 0 Å². The topological polar surface area (TPSA) is 72.5 Å². The molecule has 1 aromatic rings. The van der Waals surface area contributed by atoms with Crippen LogP contribution in [-0.2, 0) is 25.7 Å². The maximum atomic E-state index is 12.6. The Morgan fingerprint density at radius 3 is 2.04 bits per heavy atom. The molecule has 9 heteroatoms. The van der Waals surface area contributed by atoms with Gasteiger partial charge in [0.15, 0.2) is 0 Å². The lowest BCUT2D eigenvalue weighted by Crippen LogP contribution is -2.54. The molecule has 0 bridgehead atoms. The van der Waals surface area contributed by atoms with E-state index in [2.05, 4.69) is 4.72 Å². The molecule has 0 heterocycles. The first-order valence-electron chi connectivity index (χ1n) is 7.90. The van der Waals surface area contributed by atoms with Crippen molar-refractivity contribution in [3.8, 4) is 0 Å². The van der Waals surface area contributed by atoms with E-state index in [0.717, 1.165) is 25.0 Å². The molecule has 2 rings (SSSR count). The van der Waals surface area contributed by atoms with Gasteiger partial charge in [-0.3, -0.25) is 4.79 Å². The maximum Gasteiger partial charge on any atom is 0.416 e. The summed E-state index contributed by atoms with van der Waals surface area (Å²) in [6.45, 7) is 0. The van der Waals surface area contributed by atoms with Gasteiger partial charge in [0.05, 0.1) is 17.6 Å². The highest BCUT2D eigenvalue weighted by Crippen LogP contribution is 2.32. The molecule has 1 aliphatic carbocycles. The van der Waals surface area contributed by atoms with Crippen molar-refractivity contribution in [1.29, 1.82) is 0 Å². The van der Waals surface area contributed by atoms with Gasteiger partial charge in [-0.15, -0.1) is 0 Å². The molecule has 0 spiro atoms. The van der Waals surface area contributed by atoms with Crippen molar-refractivity contribution in [2.24, 2.45) is 0 Å². The molecule has 0 amide bonds. The Hall–Kier alpha value is -1.61. The smallest absolute Gasteiger partial charge is 0.416 e. The molecule has 1 aliphatic rings. The third kappa shape index (κ3) is 4.52. The average molecular weight is 379 g/mol.